The molecule has 1 fully saturated rings. The zero-order valence-corrected chi connectivity index (χ0v) is 14.9. The van der Waals surface area contributed by atoms with Gasteiger partial charge in [-0.2, -0.15) is 0 Å². The number of hydrogen-bond donors (Lipinski definition) is 1. The van der Waals surface area contributed by atoms with Gasteiger partial charge in [-0.05, 0) is 30.7 Å². The third-order valence-electron chi connectivity index (χ3n) is 4.24. The van der Waals surface area contributed by atoms with Gasteiger partial charge in [0.2, 0.25) is 5.88 Å². The van der Waals surface area contributed by atoms with Crippen LogP contribution in [0.5, 0.6) is 5.88 Å². The van der Waals surface area contributed by atoms with E-state index in [1.165, 1.54) is 5.56 Å². The monoisotopic (exact) mass is 370 g/mol. The Hall–Kier alpha value is -1.000. The van der Waals surface area contributed by atoms with Crippen molar-refractivity contribution in [3.8, 4) is 5.88 Å². The maximum atomic E-state index is 6.16. The average Bonchev–Trinajstić information content (AvgIpc) is 3.02. The summed E-state index contributed by atoms with van der Waals surface area (Å²) in [4.78, 5) is 4.20. The molecular weight excluding hydrogens is 355 g/mol. The van der Waals surface area contributed by atoms with E-state index in [4.69, 9.17) is 39.5 Å². The summed E-state index contributed by atoms with van der Waals surface area (Å²) in [5, 5.41) is 5.19. The minimum atomic E-state index is 0.0122. The topological polar surface area (TPSA) is 34.1 Å². The molecule has 122 valence electrons. The lowest BCUT2D eigenvalue weighted by Gasteiger charge is -2.26. The molecule has 0 bridgehead atoms. The van der Waals surface area contributed by atoms with Gasteiger partial charge in [0.15, 0.2) is 0 Å². The molecule has 0 aliphatic carbocycles. The molecule has 0 saturated carbocycles. The highest BCUT2D eigenvalue weighted by atomic mass is 35.5. The van der Waals surface area contributed by atoms with Crippen molar-refractivity contribution < 1.29 is 4.74 Å². The van der Waals surface area contributed by atoms with Crippen LogP contribution < -0.4 is 10.1 Å². The smallest absolute Gasteiger partial charge is 0.213 e. The normalized spacial score (nSPS) is 22.1. The Morgan fingerprint density at radius 3 is 2.65 bits per heavy atom. The second-order valence-corrected chi connectivity index (χ2v) is 6.99. The van der Waals surface area contributed by atoms with Crippen LogP contribution in [0.15, 0.2) is 36.5 Å². The molecule has 3 rings (SSSR count). The van der Waals surface area contributed by atoms with E-state index in [9.17, 15) is 0 Å². The van der Waals surface area contributed by atoms with E-state index in [-0.39, 0.29) is 6.10 Å². The molecule has 2 aromatic rings. The zero-order valence-electron chi connectivity index (χ0n) is 12.6. The van der Waals surface area contributed by atoms with E-state index in [0.717, 1.165) is 13.1 Å². The van der Waals surface area contributed by atoms with Gasteiger partial charge in [-0.25, -0.2) is 4.98 Å². The predicted molar refractivity (Wildman–Crippen MR) is 94.9 cm³/mol. The molecule has 0 spiro atoms. The molecule has 3 atom stereocenters. The number of hydrogen-bond acceptors (Lipinski definition) is 3. The quantitative estimate of drug-likeness (QED) is 0.837. The lowest BCUT2D eigenvalue weighted by Crippen LogP contribution is -2.29. The van der Waals surface area contributed by atoms with Crippen LogP contribution in [-0.2, 0) is 0 Å². The minimum Gasteiger partial charge on any atom is -0.474 e. The van der Waals surface area contributed by atoms with Gasteiger partial charge < -0.3 is 10.1 Å². The van der Waals surface area contributed by atoms with Gasteiger partial charge >= 0.3 is 0 Å². The van der Waals surface area contributed by atoms with E-state index < -0.39 is 0 Å². The molecule has 1 aliphatic rings. The largest absolute Gasteiger partial charge is 0.474 e. The highest BCUT2D eigenvalue weighted by molar-refractivity contribution is 6.42. The first-order chi connectivity index (χ1) is 11.0. The molecule has 23 heavy (non-hydrogen) atoms. The summed E-state index contributed by atoms with van der Waals surface area (Å²) in [5.41, 5.74) is 1.17. The zero-order chi connectivity index (χ0) is 16.4. The summed E-state index contributed by atoms with van der Waals surface area (Å²) in [7, 11) is 0. The number of nitrogens with one attached hydrogen (secondary N) is 1. The second kappa shape index (κ2) is 7.27. The standard InChI is InChI=1S/C17H17Cl3N2O/c1-10(23-17-5-3-12(18)7-22-17)13-8-21-9-14(13)11-2-4-15(19)16(20)6-11/h2-7,10,13-14,21H,8-9H2,1H3/t10-,13?,14+/m0/s1. The van der Waals surface area contributed by atoms with Crippen molar-refractivity contribution in [1.82, 2.24) is 10.3 Å². The van der Waals surface area contributed by atoms with E-state index in [1.807, 2.05) is 18.2 Å². The Labute approximate surface area is 150 Å². The first-order valence-electron chi connectivity index (χ1n) is 7.48. The molecule has 1 N–H and O–H groups in total. The lowest BCUT2D eigenvalue weighted by atomic mass is 9.86. The van der Waals surface area contributed by atoms with E-state index in [2.05, 4.69) is 17.2 Å². The number of ether oxygens (including phenoxy) is 1. The molecule has 3 nitrogen and oxygen atoms in total. The van der Waals surface area contributed by atoms with E-state index in [0.29, 0.717) is 32.8 Å². The lowest BCUT2D eigenvalue weighted by molar-refractivity contribution is 0.145. The van der Waals surface area contributed by atoms with Gasteiger partial charge in [0.25, 0.3) is 0 Å². The van der Waals surface area contributed by atoms with E-state index >= 15 is 0 Å². The average molecular weight is 372 g/mol. The van der Waals surface area contributed by atoms with Crippen molar-refractivity contribution in [3.63, 3.8) is 0 Å². The Bertz CT molecular complexity index is 678. The van der Waals surface area contributed by atoms with Crippen LogP contribution in [0.2, 0.25) is 15.1 Å². The molecule has 6 heteroatoms. The SMILES string of the molecule is C[C@H](Oc1ccc(Cl)cn1)C1CNC[C@@H]1c1ccc(Cl)c(Cl)c1. The number of pyridine rings is 1. The fraction of sp³-hybridized carbons (Fsp3) is 0.353. The Morgan fingerprint density at radius 1 is 1.13 bits per heavy atom. The summed E-state index contributed by atoms with van der Waals surface area (Å²) >= 11 is 18.0. The highest BCUT2D eigenvalue weighted by Gasteiger charge is 2.34. The number of rotatable bonds is 4. The van der Waals surface area contributed by atoms with Crippen molar-refractivity contribution in [3.05, 3.63) is 57.2 Å². The van der Waals surface area contributed by atoms with Crippen LogP contribution >= 0.6 is 34.8 Å². The third kappa shape index (κ3) is 3.92. The Morgan fingerprint density at radius 2 is 1.96 bits per heavy atom. The Balaban J connectivity index is 1.75. The summed E-state index contributed by atoms with van der Waals surface area (Å²) < 4.78 is 5.99. The van der Waals surface area contributed by atoms with E-state index in [1.54, 1.807) is 18.3 Å². The second-order valence-electron chi connectivity index (χ2n) is 5.74. The van der Waals surface area contributed by atoms with Crippen molar-refractivity contribution >= 4 is 34.8 Å². The van der Waals surface area contributed by atoms with Crippen molar-refractivity contribution in [2.24, 2.45) is 5.92 Å². The van der Waals surface area contributed by atoms with Crippen LogP contribution in [0.25, 0.3) is 0 Å². The van der Waals surface area contributed by atoms with Crippen LogP contribution in [0.3, 0.4) is 0 Å². The number of aromatic nitrogens is 1. The van der Waals surface area contributed by atoms with Gasteiger partial charge in [-0.1, -0.05) is 40.9 Å². The number of nitrogens with zero attached hydrogens (tertiary/aromatic N) is 1. The fourth-order valence-corrected chi connectivity index (χ4v) is 3.43. The summed E-state index contributed by atoms with van der Waals surface area (Å²) in [6.45, 7) is 3.85. The molecule has 1 unspecified atom stereocenters. The van der Waals surface area contributed by atoms with Gasteiger partial charge in [0.1, 0.15) is 6.10 Å². The first-order valence-corrected chi connectivity index (χ1v) is 8.62. The molecule has 1 aromatic heterocycles. The van der Waals surface area contributed by atoms with Crippen molar-refractivity contribution in [1.29, 1.82) is 0 Å². The summed E-state index contributed by atoms with van der Waals surface area (Å²) in [6, 6.07) is 9.39. The van der Waals surface area contributed by atoms with Crippen LogP contribution in [0.4, 0.5) is 0 Å². The summed E-state index contributed by atoms with van der Waals surface area (Å²) in [5.74, 6) is 1.23. The maximum Gasteiger partial charge on any atom is 0.213 e. The molecule has 1 aromatic carbocycles. The minimum absolute atomic E-state index is 0.0122. The van der Waals surface area contributed by atoms with Crippen LogP contribution in [0.1, 0.15) is 18.4 Å². The van der Waals surface area contributed by atoms with Crippen LogP contribution in [-0.4, -0.2) is 24.2 Å². The maximum absolute atomic E-state index is 6.16. The molecule has 0 radical (unpaired) electrons. The molecule has 0 amide bonds. The van der Waals surface area contributed by atoms with Gasteiger partial charge in [-0.15, -0.1) is 0 Å². The van der Waals surface area contributed by atoms with Crippen molar-refractivity contribution in [2.45, 2.75) is 18.9 Å². The first kappa shape index (κ1) is 16.8. The number of benzene rings is 1. The van der Waals surface area contributed by atoms with Crippen LogP contribution in [0, 0.1) is 5.92 Å². The fourth-order valence-electron chi connectivity index (χ4n) is 3.01. The summed E-state index contributed by atoms with van der Waals surface area (Å²) in [6.07, 6.45) is 1.60. The molecule has 1 aliphatic heterocycles. The third-order valence-corrected chi connectivity index (χ3v) is 5.21. The van der Waals surface area contributed by atoms with Gasteiger partial charge in [0, 0.05) is 37.2 Å². The van der Waals surface area contributed by atoms with Crippen molar-refractivity contribution in [2.75, 3.05) is 13.1 Å². The van der Waals surface area contributed by atoms with Gasteiger partial charge in [-0.3, -0.25) is 0 Å². The van der Waals surface area contributed by atoms with Gasteiger partial charge in [0.05, 0.1) is 15.1 Å². The predicted octanol–water partition coefficient (Wildman–Crippen LogP) is 4.81. The molecule has 2 heterocycles. The highest BCUT2D eigenvalue weighted by Crippen LogP contribution is 2.35. The molecule has 1 saturated heterocycles. The number of halogens is 3. The molecular formula is C17H17Cl3N2O. The Kier molecular flexibility index (Phi) is 5.32.